The van der Waals surface area contributed by atoms with Gasteiger partial charge in [0.1, 0.15) is 14.0 Å². The molecule has 0 aromatic rings. The summed E-state index contributed by atoms with van der Waals surface area (Å²) in [5.41, 5.74) is -2.12. The highest BCUT2D eigenvalue weighted by Crippen LogP contribution is 2.79. The average molecular weight is 448 g/mol. The van der Waals surface area contributed by atoms with Crippen LogP contribution in [0.1, 0.15) is 6.42 Å². The van der Waals surface area contributed by atoms with Crippen molar-refractivity contribution in [2.75, 3.05) is 5.88 Å². The third kappa shape index (κ3) is 1.94. The molecule has 0 heterocycles. The molecule has 0 aromatic heterocycles. The van der Waals surface area contributed by atoms with Crippen molar-refractivity contribution in [3.63, 3.8) is 0 Å². The van der Waals surface area contributed by atoms with Crippen molar-refractivity contribution >= 4 is 104 Å². The lowest BCUT2D eigenvalue weighted by Gasteiger charge is -2.50. The summed E-state index contributed by atoms with van der Waals surface area (Å²) >= 11 is 56.7. The SMILES string of the molecule is ClCC1(C(Cl)Cl)C2CC(Cl)(Cl)C1(C(Cl)Cl)C(Cl)C2Cl. The monoisotopic (exact) mass is 444 g/mol. The molecule has 0 aromatic carbocycles. The summed E-state index contributed by atoms with van der Waals surface area (Å²) in [4.78, 5) is -1.89. The van der Waals surface area contributed by atoms with E-state index in [1.165, 1.54) is 0 Å². The minimum atomic E-state index is -1.29. The summed E-state index contributed by atoms with van der Waals surface area (Å²) in [5, 5.41) is -1.13. The fraction of sp³-hybridized carbons (Fsp3) is 1.00. The van der Waals surface area contributed by atoms with E-state index in [1.54, 1.807) is 0 Å². The van der Waals surface area contributed by atoms with Crippen molar-refractivity contribution in [1.82, 2.24) is 0 Å². The summed E-state index contributed by atoms with van der Waals surface area (Å²) in [6.07, 6.45) is 0.339. The van der Waals surface area contributed by atoms with E-state index >= 15 is 0 Å². The van der Waals surface area contributed by atoms with Gasteiger partial charge in [0, 0.05) is 11.3 Å². The van der Waals surface area contributed by atoms with Gasteiger partial charge >= 0.3 is 0 Å². The predicted molar refractivity (Wildman–Crippen MR) is 88.4 cm³/mol. The van der Waals surface area contributed by atoms with Crippen LogP contribution in [0.2, 0.25) is 0 Å². The molecule has 19 heavy (non-hydrogen) atoms. The summed E-state index contributed by atoms with van der Waals surface area (Å²) in [6.45, 7) is 0. The molecule has 0 spiro atoms. The summed E-state index contributed by atoms with van der Waals surface area (Å²) in [6, 6.07) is 0. The molecule has 5 atom stereocenters. The van der Waals surface area contributed by atoms with Crippen LogP contribution < -0.4 is 0 Å². The molecule has 9 heteroatoms. The number of rotatable bonds is 3. The largest absolute Gasteiger partial charge is 0.129 e. The maximum absolute atomic E-state index is 6.46. The van der Waals surface area contributed by atoms with E-state index in [0.717, 1.165) is 0 Å². The summed E-state index contributed by atoms with van der Waals surface area (Å²) in [7, 11) is 0. The molecule has 0 aliphatic heterocycles. The van der Waals surface area contributed by atoms with Crippen molar-refractivity contribution < 1.29 is 0 Å². The first-order valence-electron chi connectivity index (χ1n) is 5.39. The fourth-order valence-corrected chi connectivity index (χ4v) is 9.10. The maximum Gasteiger partial charge on any atom is 0.129 e. The zero-order valence-electron chi connectivity index (χ0n) is 9.20. The standard InChI is InChI=1S/C10H9Cl9/c11-2-8(6(14)15)3-1-9(18,19)10(8,7(16)17)5(13)4(3)12/h3-7H,1-2H2. The molecule has 112 valence electrons. The van der Waals surface area contributed by atoms with Crippen molar-refractivity contribution in [1.29, 1.82) is 0 Å². The Morgan fingerprint density at radius 3 is 1.84 bits per heavy atom. The second kappa shape index (κ2) is 5.60. The van der Waals surface area contributed by atoms with Crippen LogP contribution in [0.4, 0.5) is 0 Å². The van der Waals surface area contributed by atoms with E-state index in [2.05, 4.69) is 0 Å². The molecule has 0 radical (unpaired) electrons. The third-order valence-electron chi connectivity index (χ3n) is 4.57. The molecule has 0 saturated heterocycles. The van der Waals surface area contributed by atoms with E-state index in [1.807, 2.05) is 0 Å². The van der Waals surface area contributed by atoms with E-state index < -0.39 is 35.6 Å². The van der Waals surface area contributed by atoms with Crippen molar-refractivity contribution in [3.8, 4) is 0 Å². The molecule has 2 aliphatic rings. The van der Waals surface area contributed by atoms with Gasteiger partial charge in [0.2, 0.25) is 0 Å². The van der Waals surface area contributed by atoms with Gasteiger partial charge in [-0.25, -0.2) is 0 Å². The molecule has 0 amide bonds. The molecule has 2 aliphatic carbocycles. The molecule has 2 bridgehead atoms. The number of hydrogen-bond acceptors (Lipinski definition) is 0. The molecule has 2 rings (SSSR count). The second-order valence-corrected chi connectivity index (χ2v) is 9.92. The number of fused-ring (bicyclic) bond motifs is 2. The number of alkyl halides is 9. The zero-order valence-corrected chi connectivity index (χ0v) is 16.0. The van der Waals surface area contributed by atoms with Crippen LogP contribution in [0.25, 0.3) is 0 Å². The number of hydrogen-bond donors (Lipinski definition) is 0. The highest BCUT2D eigenvalue weighted by molar-refractivity contribution is 6.54. The third-order valence-corrected chi connectivity index (χ3v) is 8.71. The first-order valence-corrected chi connectivity index (χ1v) is 9.30. The quantitative estimate of drug-likeness (QED) is 0.450. The smallest absolute Gasteiger partial charge is 0.126 e. The van der Waals surface area contributed by atoms with Crippen molar-refractivity contribution in [2.24, 2.45) is 16.7 Å². The average Bonchev–Trinajstić information content (AvgIpc) is 2.62. The van der Waals surface area contributed by atoms with Crippen LogP contribution in [0.5, 0.6) is 0 Å². The first kappa shape index (κ1) is 18.0. The normalized spacial score (nSPS) is 48.5. The van der Waals surface area contributed by atoms with E-state index in [9.17, 15) is 0 Å². The molecular formula is C10H9Cl9. The van der Waals surface area contributed by atoms with Crippen molar-refractivity contribution in [3.05, 3.63) is 0 Å². The van der Waals surface area contributed by atoms with Crippen LogP contribution in [0.15, 0.2) is 0 Å². The van der Waals surface area contributed by atoms with E-state index in [4.69, 9.17) is 104 Å². The zero-order chi connectivity index (χ0) is 14.8. The lowest BCUT2D eigenvalue weighted by Crippen LogP contribution is -2.58. The van der Waals surface area contributed by atoms with Gasteiger partial charge in [0.15, 0.2) is 0 Å². The van der Waals surface area contributed by atoms with Gasteiger partial charge < -0.3 is 0 Å². The van der Waals surface area contributed by atoms with Crippen LogP contribution in [-0.2, 0) is 0 Å². The highest BCUT2D eigenvalue weighted by Gasteiger charge is 2.84. The summed E-state index contributed by atoms with van der Waals surface area (Å²) < 4.78 is -1.29. The second-order valence-electron chi connectivity index (χ2n) is 5.01. The molecule has 0 N–H and O–H groups in total. The Hall–Kier alpha value is 2.61. The van der Waals surface area contributed by atoms with E-state index in [-0.39, 0.29) is 11.8 Å². The van der Waals surface area contributed by atoms with Crippen molar-refractivity contribution in [2.45, 2.75) is 31.2 Å². The molecule has 2 fully saturated rings. The Morgan fingerprint density at radius 1 is 1.00 bits per heavy atom. The number of halogens is 9. The minimum absolute atomic E-state index is 0.0684. The van der Waals surface area contributed by atoms with Gasteiger partial charge in [0.25, 0.3) is 0 Å². The Morgan fingerprint density at radius 2 is 1.53 bits per heavy atom. The Labute approximate surface area is 157 Å². The fourth-order valence-electron chi connectivity index (χ4n) is 3.68. The van der Waals surface area contributed by atoms with E-state index in [0.29, 0.717) is 6.42 Å². The van der Waals surface area contributed by atoms with Gasteiger partial charge in [0.05, 0.1) is 16.2 Å². The van der Waals surface area contributed by atoms with Crippen LogP contribution in [0, 0.1) is 16.7 Å². The molecule has 0 nitrogen and oxygen atoms in total. The lowest BCUT2D eigenvalue weighted by molar-refractivity contribution is 0.137. The van der Waals surface area contributed by atoms with Crippen LogP contribution >= 0.6 is 104 Å². The van der Waals surface area contributed by atoms with Gasteiger partial charge in [-0.15, -0.1) is 104 Å². The van der Waals surface area contributed by atoms with Gasteiger partial charge in [-0.2, -0.15) is 0 Å². The van der Waals surface area contributed by atoms with Gasteiger partial charge in [-0.1, -0.05) is 0 Å². The first-order chi connectivity index (χ1) is 8.61. The van der Waals surface area contributed by atoms with Crippen LogP contribution in [-0.4, -0.2) is 30.6 Å². The molecule has 2 saturated carbocycles. The minimum Gasteiger partial charge on any atom is -0.126 e. The molecular weight excluding hydrogens is 439 g/mol. The molecule has 5 unspecified atom stereocenters. The Balaban J connectivity index is 2.74. The predicted octanol–water partition coefficient (Wildman–Crippen LogP) is 6.23. The van der Waals surface area contributed by atoms with Gasteiger partial charge in [-0.3, -0.25) is 0 Å². The maximum atomic E-state index is 6.46. The lowest BCUT2D eigenvalue weighted by atomic mass is 9.69. The Bertz CT molecular complexity index is 370. The van der Waals surface area contributed by atoms with Gasteiger partial charge in [-0.05, 0) is 12.3 Å². The highest BCUT2D eigenvalue weighted by atomic mass is 35.5. The summed E-state index contributed by atoms with van der Waals surface area (Å²) in [5.74, 6) is -0.192. The Kier molecular flexibility index (Phi) is 5.30. The van der Waals surface area contributed by atoms with Crippen LogP contribution in [0.3, 0.4) is 0 Å². The topological polar surface area (TPSA) is 0 Å².